The smallest absolute Gasteiger partial charge is 0.284 e. The zero-order valence-electron chi connectivity index (χ0n) is 5.04. The van der Waals surface area contributed by atoms with Crippen molar-refractivity contribution >= 4 is 0 Å². The molecule has 0 N–H and O–H groups in total. The zero-order valence-corrected chi connectivity index (χ0v) is 5.04. The van der Waals surface area contributed by atoms with Gasteiger partial charge in [-0.15, -0.1) is 0 Å². The molecule has 0 radical (unpaired) electrons. The Bertz CT molecular complexity index is 175. The zero-order chi connectivity index (χ0) is 6.10. The third-order valence-electron chi connectivity index (χ3n) is 1.30. The van der Waals surface area contributed by atoms with Crippen molar-refractivity contribution in [3.8, 4) is 5.95 Å². The number of ether oxygens (including phenoxy) is 1. The molecule has 1 aromatic rings. The van der Waals surface area contributed by atoms with Crippen molar-refractivity contribution in [2.24, 2.45) is 0 Å². The SMILES string of the molecule is c1coc(OC2CC2)c1. The van der Waals surface area contributed by atoms with E-state index in [1.807, 2.05) is 12.1 Å². The minimum absolute atomic E-state index is 0.441. The van der Waals surface area contributed by atoms with E-state index in [1.54, 1.807) is 6.26 Å². The molecular formula is C7H8O2. The fraction of sp³-hybridized carbons (Fsp3) is 0.429. The topological polar surface area (TPSA) is 22.4 Å². The quantitative estimate of drug-likeness (QED) is 0.600. The van der Waals surface area contributed by atoms with Gasteiger partial charge in [0.2, 0.25) is 0 Å². The summed E-state index contributed by atoms with van der Waals surface area (Å²) in [5, 5.41) is 0. The summed E-state index contributed by atoms with van der Waals surface area (Å²) in [5.74, 6) is 0.650. The molecule has 1 fully saturated rings. The van der Waals surface area contributed by atoms with Crippen LogP contribution in [0.15, 0.2) is 22.8 Å². The second kappa shape index (κ2) is 1.79. The Morgan fingerprint density at radius 1 is 1.56 bits per heavy atom. The molecule has 2 heteroatoms. The normalized spacial score (nSPS) is 17.8. The predicted molar refractivity (Wildman–Crippen MR) is 32.4 cm³/mol. The molecule has 0 saturated heterocycles. The van der Waals surface area contributed by atoms with Crippen molar-refractivity contribution < 1.29 is 9.15 Å². The van der Waals surface area contributed by atoms with Gasteiger partial charge in [-0.2, -0.15) is 0 Å². The minimum atomic E-state index is 0.441. The molecule has 1 aliphatic rings. The summed E-state index contributed by atoms with van der Waals surface area (Å²) >= 11 is 0. The summed E-state index contributed by atoms with van der Waals surface area (Å²) in [6.45, 7) is 0. The van der Waals surface area contributed by atoms with Crippen molar-refractivity contribution in [3.05, 3.63) is 18.4 Å². The van der Waals surface area contributed by atoms with Crippen LogP contribution in [0.25, 0.3) is 0 Å². The van der Waals surface area contributed by atoms with Crippen LogP contribution in [0.1, 0.15) is 12.8 Å². The molecule has 0 aromatic carbocycles. The first-order chi connectivity index (χ1) is 4.45. The van der Waals surface area contributed by atoms with Gasteiger partial charge in [0.1, 0.15) is 6.10 Å². The fourth-order valence-electron chi connectivity index (χ4n) is 0.681. The summed E-state index contributed by atoms with van der Waals surface area (Å²) in [6.07, 6.45) is 4.43. The highest BCUT2D eigenvalue weighted by atomic mass is 16.6. The summed E-state index contributed by atoms with van der Waals surface area (Å²) < 4.78 is 10.3. The third-order valence-corrected chi connectivity index (χ3v) is 1.30. The van der Waals surface area contributed by atoms with E-state index in [9.17, 15) is 0 Å². The van der Waals surface area contributed by atoms with Crippen molar-refractivity contribution in [1.82, 2.24) is 0 Å². The summed E-state index contributed by atoms with van der Waals surface area (Å²) in [4.78, 5) is 0. The fourth-order valence-corrected chi connectivity index (χ4v) is 0.681. The van der Waals surface area contributed by atoms with E-state index < -0.39 is 0 Å². The highest BCUT2D eigenvalue weighted by Gasteiger charge is 2.24. The minimum Gasteiger partial charge on any atom is -0.462 e. The van der Waals surface area contributed by atoms with Crippen LogP contribution in [0.5, 0.6) is 5.95 Å². The molecule has 48 valence electrons. The average Bonchev–Trinajstić information content (AvgIpc) is 2.46. The maximum Gasteiger partial charge on any atom is 0.284 e. The van der Waals surface area contributed by atoms with Crippen molar-refractivity contribution in [3.63, 3.8) is 0 Å². The Labute approximate surface area is 53.4 Å². The first-order valence-corrected chi connectivity index (χ1v) is 3.15. The maximum atomic E-state index is 5.30. The molecule has 1 aromatic heterocycles. The van der Waals surface area contributed by atoms with E-state index in [-0.39, 0.29) is 0 Å². The Morgan fingerprint density at radius 2 is 2.44 bits per heavy atom. The maximum absolute atomic E-state index is 5.30. The van der Waals surface area contributed by atoms with Crippen molar-refractivity contribution in [1.29, 1.82) is 0 Å². The first-order valence-electron chi connectivity index (χ1n) is 3.15. The molecule has 0 bridgehead atoms. The van der Waals surface area contributed by atoms with Gasteiger partial charge in [0.25, 0.3) is 5.95 Å². The Hall–Kier alpha value is -0.920. The summed E-state index contributed by atoms with van der Waals surface area (Å²) in [6, 6.07) is 3.66. The lowest BCUT2D eigenvalue weighted by atomic mass is 10.6. The number of furan rings is 1. The van der Waals surface area contributed by atoms with Crippen molar-refractivity contribution in [2.45, 2.75) is 18.9 Å². The van der Waals surface area contributed by atoms with E-state index in [2.05, 4.69) is 0 Å². The average molecular weight is 124 g/mol. The van der Waals surface area contributed by atoms with Crippen LogP contribution in [0.4, 0.5) is 0 Å². The molecule has 0 unspecified atom stereocenters. The van der Waals surface area contributed by atoms with Gasteiger partial charge in [-0.25, -0.2) is 0 Å². The van der Waals surface area contributed by atoms with Gasteiger partial charge < -0.3 is 9.15 Å². The molecule has 0 atom stereocenters. The predicted octanol–water partition coefficient (Wildman–Crippen LogP) is 1.82. The molecule has 2 rings (SSSR count). The van der Waals surface area contributed by atoms with E-state index in [1.165, 1.54) is 12.8 Å². The Morgan fingerprint density at radius 3 is 3.00 bits per heavy atom. The molecule has 1 heterocycles. The van der Waals surface area contributed by atoms with Gasteiger partial charge in [-0.3, -0.25) is 0 Å². The van der Waals surface area contributed by atoms with Crippen LogP contribution in [0.2, 0.25) is 0 Å². The number of hydrogen-bond donors (Lipinski definition) is 0. The van der Waals surface area contributed by atoms with Gasteiger partial charge in [0, 0.05) is 6.07 Å². The molecule has 2 nitrogen and oxygen atoms in total. The van der Waals surface area contributed by atoms with Gasteiger partial charge in [-0.05, 0) is 18.9 Å². The molecule has 1 saturated carbocycles. The van der Waals surface area contributed by atoms with Crippen LogP contribution < -0.4 is 4.74 Å². The van der Waals surface area contributed by atoms with Gasteiger partial charge in [0.05, 0.1) is 6.26 Å². The number of hydrogen-bond acceptors (Lipinski definition) is 2. The lowest BCUT2D eigenvalue weighted by Crippen LogP contribution is -1.93. The standard InChI is InChI=1S/C7H8O2/c1-2-7(8-5-1)9-6-3-4-6/h1-2,5-6H,3-4H2. The molecular weight excluding hydrogens is 116 g/mol. The van der Waals surface area contributed by atoms with Crippen LogP contribution in [-0.2, 0) is 0 Å². The second-order valence-corrected chi connectivity index (χ2v) is 2.25. The molecule has 9 heavy (non-hydrogen) atoms. The molecule has 1 aliphatic carbocycles. The summed E-state index contributed by atoms with van der Waals surface area (Å²) in [7, 11) is 0. The van der Waals surface area contributed by atoms with Gasteiger partial charge in [0.15, 0.2) is 0 Å². The van der Waals surface area contributed by atoms with Crippen LogP contribution >= 0.6 is 0 Å². The summed E-state index contributed by atoms with van der Waals surface area (Å²) in [5.41, 5.74) is 0. The van der Waals surface area contributed by atoms with E-state index >= 15 is 0 Å². The van der Waals surface area contributed by atoms with Crippen LogP contribution in [-0.4, -0.2) is 6.10 Å². The Kier molecular flexibility index (Phi) is 0.979. The lowest BCUT2D eigenvalue weighted by molar-refractivity contribution is 0.231. The monoisotopic (exact) mass is 124 g/mol. The lowest BCUT2D eigenvalue weighted by Gasteiger charge is -1.95. The molecule has 0 spiro atoms. The van der Waals surface area contributed by atoms with Gasteiger partial charge >= 0.3 is 0 Å². The number of rotatable bonds is 2. The second-order valence-electron chi connectivity index (χ2n) is 2.25. The third kappa shape index (κ3) is 1.07. The highest BCUT2D eigenvalue weighted by Crippen LogP contribution is 2.26. The van der Waals surface area contributed by atoms with Crippen LogP contribution in [0, 0.1) is 0 Å². The first kappa shape index (κ1) is 4.91. The van der Waals surface area contributed by atoms with E-state index in [0.717, 1.165) is 0 Å². The van der Waals surface area contributed by atoms with E-state index in [4.69, 9.17) is 9.15 Å². The molecule has 0 aliphatic heterocycles. The van der Waals surface area contributed by atoms with Gasteiger partial charge in [-0.1, -0.05) is 0 Å². The largest absolute Gasteiger partial charge is 0.462 e. The molecule has 0 amide bonds. The Balaban J connectivity index is 1.99. The van der Waals surface area contributed by atoms with E-state index in [0.29, 0.717) is 12.1 Å². The highest BCUT2D eigenvalue weighted by molar-refractivity contribution is 5.05. The van der Waals surface area contributed by atoms with Crippen LogP contribution in [0.3, 0.4) is 0 Å². The van der Waals surface area contributed by atoms with Crippen molar-refractivity contribution in [2.75, 3.05) is 0 Å².